The molecule has 19 heavy (non-hydrogen) atoms. The third kappa shape index (κ3) is 3.60. The predicted octanol–water partition coefficient (Wildman–Crippen LogP) is 3.99. The highest BCUT2D eigenvalue weighted by atomic mass is 16.2. The Morgan fingerprint density at radius 1 is 1.37 bits per heavy atom. The fourth-order valence-electron chi connectivity index (χ4n) is 2.45. The number of nitrogens with one attached hydrogen (secondary N) is 1. The Balaban J connectivity index is 2.04. The molecule has 0 radical (unpaired) electrons. The highest BCUT2D eigenvalue weighted by molar-refractivity contribution is 5.92. The number of anilines is 1. The third-order valence-corrected chi connectivity index (χ3v) is 3.52. The molecule has 3 heteroatoms. The van der Waals surface area contributed by atoms with Crippen LogP contribution in [0.2, 0.25) is 0 Å². The molecule has 3 nitrogen and oxygen atoms in total. The average molecular weight is 258 g/mol. The summed E-state index contributed by atoms with van der Waals surface area (Å²) in [6.07, 6.45) is 6.63. The van der Waals surface area contributed by atoms with Crippen LogP contribution < -0.4 is 10.2 Å². The third-order valence-electron chi connectivity index (χ3n) is 3.52. The lowest BCUT2D eigenvalue weighted by Gasteiger charge is -2.21. The summed E-state index contributed by atoms with van der Waals surface area (Å²) in [5.74, 6) is 0. The summed E-state index contributed by atoms with van der Waals surface area (Å²) in [6.45, 7) is 4.69. The zero-order valence-corrected chi connectivity index (χ0v) is 11.8. The fourth-order valence-corrected chi connectivity index (χ4v) is 2.45. The zero-order chi connectivity index (χ0) is 13.7. The number of aryl methyl sites for hydroxylation is 1. The molecule has 0 unspecified atom stereocenters. The van der Waals surface area contributed by atoms with Gasteiger partial charge < -0.3 is 5.32 Å². The minimum Gasteiger partial charge on any atom is -0.314 e. The van der Waals surface area contributed by atoms with Crippen LogP contribution in [0.25, 0.3) is 0 Å². The van der Waals surface area contributed by atoms with Crippen molar-refractivity contribution in [2.24, 2.45) is 0 Å². The molecule has 1 aromatic carbocycles. The first kappa shape index (κ1) is 13.7. The molecule has 0 atom stereocenters. The van der Waals surface area contributed by atoms with Crippen molar-refractivity contribution >= 4 is 11.7 Å². The molecule has 1 fully saturated rings. The van der Waals surface area contributed by atoms with E-state index in [9.17, 15) is 4.79 Å². The largest absolute Gasteiger partial charge is 0.325 e. The number of nitrogens with zero attached hydrogens (tertiary/aromatic N) is 1. The summed E-state index contributed by atoms with van der Waals surface area (Å²) in [5.41, 5.74) is 3.47. The van der Waals surface area contributed by atoms with Crippen molar-refractivity contribution in [3.05, 3.63) is 41.6 Å². The number of rotatable bonds is 3. The van der Waals surface area contributed by atoms with Crippen LogP contribution in [0.3, 0.4) is 0 Å². The summed E-state index contributed by atoms with van der Waals surface area (Å²) in [6, 6.07) is 7.98. The normalized spacial score (nSPS) is 14.3. The van der Waals surface area contributed by atoms with Gasteiger partial charge in [-0.15, -0.1) is 0 Å². The Bertz CT molecular complexity index is 471. The van der Waals surface area contributed by atoms with E-state index in [-0.39, 0.29) is 6.03 Å². The van der Waals surface area contributed by atoms with Gasteiger partial charge in [-0.3, -0.25) is 4.90 Å². The summed E-state index contributed by atoms with van der Waals surface area (Å²) < 4.78 is 0. The molecule has 1 aliphatic rings. The maximum Gasteiger partial charge on any atom is 0.325 e. The lowest BCUT2D eigenvalue weighted by atomic mass is 10.2. The number of amides is 2. The highest BCUT2D eigenvalue weighted by Crippen LogP contribution is 2.23. The first-order valence-electron chi connectivity index (χ1n) is 7.03. The Kier molecular flexibility index (Phi) is 4.61. The van der Waals surface area contributed by atoms with Gasteiger partial charge in [0.25, 0.3) is 0 Å². The first-order chi connectivity index (χ1) is 9.20. The number of carbonyl (C=O) groups excluding carboxylic acids is 1. The number of urea groups is 1. The monoisotopic (exact) mass is 258 g/mol. The molecular weight excluding hydrogens is 236 g/mol. The zero-order valence-electron chi connectivity index (χ0n) is 11.8. The van der Waals surface area contributed by atoms with Crippen LogP contribution in [0.1, 0.15) is 38.2 Å². The quantitative estimate of drug-likeness (QED) is 0.873. The van der Waals surface area contributed by atoms with Gasteiger partial charge in [-0.25, -0.2) is 4.79 Å². The second kappa shape index (κ2) is 6.41. The van der Waals surface area contributed by atoms with Crippen LogP contribution in [0, 0.1) is 6.92 Å². The number of allylic oxidation sites excluding steroid dienone is 1. The van der Waals surface area contributed by atoms with Crippen molar-refractivity contribution in [1.82, 2.24) is 5.32 Å². The van der Waals surface area contributed by atoms with Gasteiger partial charge >= 0.3 is 6.03 Å². The Morgan fingerprint density at radius 2 is 2.11 bits per heavy atom. The standard InChI is InChI=1S/C16H22N2O/c1-3-18(15-10-6-7-13(2)11-15)16(19)17-12-14-8-4-5-9-14/h6-7,10-12H,3-5,8-9H2,1-2H3,(H,17,19). The Hall–Kier alpha value is -1.77. The van der Waals surface area contributed by atoms with E-state index in [2.05, 4.69) is 5.32 Å². The number of hydrogen-bond donors (Lipinski definition) is 1. The van der Waals surface area contributed by atoms with Crippen LogP contribution in [0.15, 0.2) is 36.0 Å². The Labute approximate surface area is 115 Å². The molecule has 0 bridgehead atoms. The van der Waals surface area contributed by atoms with Crippen molar-refractivity contribution in [3.63, 3.8) is 0 Å². The summed E-state index contributed by atoms with van der Waals surface area (Å²) >= 11 is 0. The van der Waals surface area contributed by atoms with Gasteiger partial charge in [0.1, 0.15) is 0 Å². The molecule has 1 saturated carbocycles. The molecule has 2 rings (SSSR count). The fraction of sp³-hybridized carbons (Fsp3) is 0.438. The summed E-state index contributed by atoms with van der Waals surface area (Å²) in [5, 5.41) is 2.92. The maximum atomic E-state index is 12.2. The predicted molar refractivity (Wildman–Crippen MR) is 79.3 cm³/mol. The molecule has 0 heterocycles. The Morgan fingerprint density at radius 3 is 2.74 bits per heavy atom. The molecule has 102 valence electrons. The number of hydrogen-bond acceptors (Lipinski definition) is 1. The van der Waals surface area contributed by atoms with Gasteiger partial charge in [0.05, 0.1) is 0 Å². The van der Waals surface area contributed by atoms with Crippen LogP contribution >= 0.6 is 0 Å². The number of carbonyl (C=O) groups is 1. The lowest BCUT2D eigenvalue weighted by Crippen LogP contribution is -2.37. The molecule has 0 saturated heterocycles. The van der Waals surface area contributed by atoms with E-state index >= 15 is 0 Å². The first-order valence-corrected chi connectivity index (χ1v) is 7.03. The van der Waals surface area contributed by atoms with E-state index in [1.165, 1.54) is 18.4 Å². The van der Waals surface area contributed by atoms with Crippen molar-refractivity contribution < 1.29 is 4.79 Å². The van der Waals surface area contributed by atoms with Gasteiger partial charge in [-0.05, 0) is 57.2 Å². The maximum absolute atomic E-state index is 12.2. The van der Waals surface area contributed by atoms with E-state index in [1.807, 2.05) is 44.3 Å². The van der Waals surface area contributed by atoms with Crippen LogP contribution in [-0.2, 0) is 0 Å². The molecule has 1 aliphatic carbocycles. The summed E-state index contributed by atoms with van der Waals surface area (Å²) in [4.78, 5) is 14.0. The minimum absolute atomic E-state index is 0.0486. The van der Waals surface area contributed by atoms with Crippen molar-refractivity contribution in [2.75, 3.05) is 11.4 Å². The second-order valence-corrected chi connectivity index (χ2v) is 5.04. The highest BCUT2D eigenvalue weighted by Gasteiger charge is 2.13. The van der Waals surface area contributed by atoms with Crippen LogP contribution in [-0.4, -0.2) is 12.6 Å². The molecule has 2 amide bonds. The molecule has 1 N–H and O–H groups in total. The second-order valence-electron chi connectivity index (χ2n) is 5.04. The van der Waals surface area contributed by atoms with E-state index in [0.717, 1.165) is 24.1 Å². The lowest BCUT2D eigenvalue weighted by molar-refractivity contribution is 0.249. The van der Waals surface area contributed by atoms with Crippen LogP contribution in [0.5, 0.6) is 0 Å². The minimum atomic E-state index is -0.0486. The van der Waals surface area contributed by atoms with E-state index < -0.39 is 0 Å². The van der Waals surface area contributed by atoms with Gasteiger partial charge in [0, 0.05) is 18.4 Å². The van der Waals surface area contributed by atoms with Crippen molar-refractivity contribution in [3.8, 4) is 0 Å². The number of benzene rings is 1. The molecular formula is C16H22N2O. The topological polar surface area (TPSA) is 32.3 Å². The van der Waals surface area contributed by atoms with Gasteiger partial charge in [-0.2, -0.15) is 0 Å². The smallest absolute Gasteiger partial charge is 0.314 e. The average Bonchev–Trinajstić information content (AvgIpc) is 2.90. The van der Waals surface area contributed by atoms with E-state index in [1.54, 1.807) is 4.90 Å². The molecule has 1 aromatic rings. The van der Waals surface area contributed by atoms with E-state index in [0.29, 0.717) is 6.54 Å². The van der Waals surface area contributed by atoms with Crippen molar-refractivity contribution in [2.45, 2.75) is 39.5 Å². The van der Waals surface area contributed by atoms with E-state index in [4.69, 9.17) is 0 Å². The van der Waals surface area contributed by atoms with Crippen LogP contribution in [0.4, 0.5) is 10.5 Å². The van der Waals surface area contributed by atoms with Gasteiger partial charge in [0.15, 0.2) is 0 Å². The van der Waals surface area contributed by atoms with Gasteiger partial charge in [-0.1, -0.05) is 17.7 Å². The summed E-state index contributed by atoms with van der Waals surface area (Å²) in [7, 11) is 0. The molecule has 0 spiro atoms. The van der Waals surface area contributed by atoms with Gasteiger partial charge in [0.2, 0.25) is 0 Å². The van der Waals surface area contributed by atoms with Crippen molar-refractivity contribution in [1.29, 1.82) is 0 Å². The molecule has 0 aromatic heterocycles. The molecule has 0 aliphatic heterocycles. The SMILES string of the molecule is CCN(C(=O)NC=C1CCCC1)c1cccc(C)c1.